The lowest BCUT2D eigenvalue weighted by molar-refractivity contribution is 0.393. The molecule has 0 atom stereocenters. The molecule has 3 heterocycles. The number of hydrogen-bond acceptors (Lipinski definition) is 5. The average molecular weight is 417 g/mol. The number of ether oxygens (including phenoxy) is 1. The molecule has 1 aliphatic carbocycles. The van der Waals surface area contributed by atoms with Crippen LogP contribution in [-0.4, -0.2) is 27.7 Å². The minimum absolute atomic E-state index is 0.480. The van der Waals surface area contributed by atoms with Crippen molar-refractivity contribution in [3.63, 3.8) is 0 Å². The van der Waals surface area contributed by atoms with Crippen LogP contribution >= 0.6 is 0 Å². The molecule has 1 aliphatic rings. The number of nitrogens with one attached hydrogen (secondary N) is 1. The minimum atomic E-state index is 0.480. The molecule has 6 heteroatoms. The highest BCUT2D eigenvalue weighted by Gasteiger charge is 2.21. The van der Waals surface area contributed by atoms with Crippen molar-refractivity contribution in [2.75, 3.05) is 12.4 Å². The van der Waals surface area contributed by atoms with Crippen LogP contribution in [0.15, 0.2) is 47.1 Å². The van der Waals surface area contributed by atoms with E-state index < -0.39 is 0 Å². The van der Waals surface area contributed by atoms with Crippen molar-refractivity contribution < 1.29 is 9.26 Å². The number of aryl methyl sites for hydroxylation is 2. The molecule has 160 valence electrons. The summed E-state index contributed by atoms with van der Waals surface area (Å²) in [4.78, 5) is 5.04. The van der Waals surface area contributed by atoms with Crippen LogP contribution in [0.4, 0.5) is 5.82 Å². The number of aromatic nitrogens is 3. The number of benzene rings is 1. The first-order valence-corrected chi connectivity index (χ1v) is 11.0. The van der Waals surface area contributed by atoms with E-state index in [1.54, 1.807) is 7.11 Å². The van der Waals surface area contributed by atoms with E-state index in [1.807, 2.05) is 26.0 Å². The van der Waals surface area contributed by atoms with Gasteiger partial charge in [0.25, 0.3) is 0 Å². The molecule has 0 aliphatic heterocycles. The summed E-state index contributed by atoms with van der Waals surface area (Å²) in [5.41, 5.74) is 5.94. The Labute approximate surface area is 182 Å². The predicted octanol–water partition coefficient (Wildman–Crippen LogP) is 6.03. The molecule has 1 fully saturated rings. The third-order valence-corrected chi connectivity index (χ3v) is 6.26. The Morgan fingerprint density at radius 1 is 1.03 bits per heavy atom. The lowest BCUT2D eigenvalue weighted by Gasteiger charge is -2.24. The van der Waals surface area contributed by atoms with Gasteiger partial charge in [0, 0.05) is 23.4 Å². The third-order valence-electron chi connectivity index (χ3n) is 6.26. The van der Waals surface area contributed by atoms with Crippen molar-refractivity contribution in [2.24, 2.45) is 0 Å². The minimum Gasteiger partial charge on any atom is -0.497 e. The summed E-state index contributed by atoms with van der Waals surface area (Å²) >= 11 is 0. The van der Waals surface area contributed by atoms with Crippen molar-refractivity contribution in [3.8, 4) is 28.1 Å². The first-order valence-electron chi connectivity index (χ1n) is 11.0. The van der Waals surface area contributed by atoms with Gasteiger partial charge < -0.3 is 14.6 Å². The van der Waals surface area contributed by atoms with Gasteiger partial charge in [-0.15, -0.1) is 0 Å². The highest BCUT2D eigenvalue weighted by Crippen LogP contribution is 2.34. The molecule has 0 radical (unpaired) electrons. The summed E-state index contributed by atoms with van der Waals surface area (Å²) < 4.78 is 12.9. The van der Waals surface area contributed by atoms with Gasteiger partial charge in [-0.3, -0.25) is 4.40 Å². The molecule has 0 unspecified atom stereocenters. The molecule has 4 aromatic rings. The summed E-state index contributed by atoms with van der Waals surface area (Å²) in [5.74, 6) is 2.72. The highest BCUT2D eigenvalue weighted by atomic mass is 16.5. The molecule has 1 saturated carbocycles. The maximum atomic E-state index is 5.38. The zero-order valence-electron chi connectivity index (χ0n) is 18.3. The van der Waals surface area contributed by atoms with E-state index in [2.05, 4.69) is 45.3 Å². The second-order valence-electron chi connectivity index (χ2n) is 8.36. The first kappa shape index (κ1) is 19.7. The maximum Gasteiger partial charge on any atom is 0.141 e. The second-order valence-corrected chi connectivity index (χ2v) is 8.36. The molecule has 6 nitrogen and oxygen atoms in total. The van der Waals surface area contributed by atoms with E-state index in [0.717, 1.165) is 51.1 Å². The van der Waals surface area contributed by atoms with Gasteiger partial charge >= 0.3 is 0 Å². The standard InChI is InChI=1S/C25H28N4O2/c1-16-23(17(2)31-28-16)19-13-14-29-22(15-19)27-24(18-9-11-21(30-3)12-10-18)25(29)26-20-7-5-4-6-8-20/h9-15,20,26H,4-8H2,1-3H3. The van der Waals surface area contributed by atoms with Gasteiger partial charge in [0.2, 0.25) is 0 Å². The molecule has 1 N–H and O–H groups in total. The largest absolute Gasteiger partial charge is 0.497 e. The Hall–Kier alpha value is -3.28. The molecular weight excluding hydrogens is 388 g/mol. The van der Waals surface area contributed by atoms with E-state index in [4.69, 9.17) is 14.2 Å². The lowest BCUT2D eigenvalue weighted by atomic mass is 9.95. The number of nitrogens with zero attached hydrogens (tertiary/aromatic N) is 3. The van der Waals surface area contributed by atoms with E-state index in [-0.39, 0.29) is 0 Å². The van der Waals surface area contributed by atoms with Crippen LogP contribution in [0.5, 0.6) is 5.75 Å². The number of rotatable bonds is 5. The normalized spacial score (nSPS) is 14.8. The van der Waals surface area contributed by atoms with Crippen LogP contribution in [0.3, 0.4) is 0 Å². The van der Waals surface area contributed by atoms with Crippen LogP contribution in [0.1, 0.15) is 43.6 Å². The number of anilines is 1. The molecule has 0 amide bonds. The first-order chi connectivity index (χ1) is 15.1. The van der Waals surface area contributed by atoms with E-state index in [1.165, 1.54) is 32.1 Å². The molecule has 1 aromatic carbocycles. The van der Waals surface area contributed by atoms with E-state index in [9.17, 15) is 0 Å². The number of imidazole rings is 1. The van der Waals surface area contributed by atoms with Crippen LogP contribution < -0.4 is 10.1 Å². The van der Waals surface area contributed by atoms with Gasteiger partial charge in [0.1, 0.15) is 28.7 Å². The summed E-state index contributed by atoms with van der Waals surface area (Å²) in [6.07, 6.45) is 8.39. The van der Waals surface area contributed by atoms with Crippen molar-refractivity contribution in [2.45, 2.75) is 52.0 Å². The molecule has 3 aromatic heterocycles. The van der Waals surface area contributed by atoms with Crippen LogP contribution in [-0.2, 0) is 0 Å². The number of pyridine rings is 1. The monoisotopic (exact) mass is 416 g/mol. The quantitative estimate of drug-likeness (QED) is 0.430. The van der Waals surface area contributed by atoms with Crippen LogP contribution in [0.25, 0.3) is 28.0 Å². The Morgan fingerprint density at radius 2 is 1.81 bits per heavy atom. The fourth-order valence-electron chi connectivity index (χ4n) is 4.62. The molecule has 0 bridgehead atoms. The fraction of sp³-hybridized carbons (Fsp3) is 0.360. The van der Waals surface area contributed by atoms with E-state index >= 15 is 0 Å². The van der Waals surface area contributed by atoms with Crippen LogP contribution in [0.2, 0.25) is 0 Å². The van der Waals surface area contributed by atoms with Gasteiger partial charge in [-0.1, -0.05) is 24.4 Å². The topological polar surface area (TPSA) is 64.6 Å². The van der Waals surface area contributed by atoms with Crippen molar-refractivity contribution in [1.29, 1.82) is 0 Å². The van der Waals surface area contributed by atoms with Crippen LogP contribution in [0, 0.1) is 13.8 Å². The van der Waals surface area contributed by atoms with Gasteiger partial charge in [-0.2, -0.15) is 0 Å². The van der Waals surface area contributed by atoms with Crippen molar-refractivity contribution in [1.82, 2.24) is 14.5 Å². The maximum absolute atomic E-state index is 5.38. The smallest absolute Gasteiger partial charge is 0.141 e. The molecular formula is C25H28N4O2. The molecule has 0 saturated heterocycles. The molecule has 0 spiro atoms. The SMILES string of the molecule is COc1ccc(-c2nc3cc(-c4c(C)noc4C)ccn3c2NC2CCCCC2)cc1. The van der Waals surface area contributed by atoms with E-state index in [0.29, 0.717) is 6.04 Å². The van der Waals surface area contributed by atoms with Crippen molar-refractivity contribution in [3.05, 3.63) is 54.0 Å². The van der Waals surface area contributed by atoms with Crippen molar-refractivity contribution >= 4 is 11.5 Å². The summed E-state index contributed by atoms with van der Waals surface area (Å²) in [6.45, 7) is 3.92. The molecule has 5 rings (SSSR count). The Balaban J connectivity index is 1.62. The number of fused-ring (bicyclic) bond motifs is 1. The van der Waals surface area contributed by atoms with Gasteiger partial charge in [-0.05, 0) is 68.7 Å². The zero-order chi connectivity index (χ0) is 21.4. The third kappa shape index (κ3) is 3.67. The predicted molar refractivity (Wildman–Crippen MR) is 123 cm³/mol. The summed E-state index contributed by atoms with van der Waals surface area (Å²) in [5, 5.41) is 7.93. The van der Waals surface area contributed by atoms with Gasteiger partial charge in [-0.25, -0.2) is 4.98 Å². The summed E-state index contributed by atoms with van der Waals surface area (Å²) in [6, 6.07) is 12.8. The number of hydrogen-bond donors (Lipinski definition) is 1. The zero-order valence-corrected chi connectivity index (χ0v) is 18.3. The van der Waals surface area contributed by atoms with Gasteiger partial charge in [0.15, 0.2) is 0 Å². The Morgan fingerprint density at radius 3 is 2.48 bits per heavy atom. The number of methoxy groups -OCH3 is 1. The van der Waals surface area contributed by atoms with Gasteiger partial charge in [0.05, 0.1) is 12.8 Å². The Kier molecular flexibility index (Phi) is 5.14. The summed E-state index contributed by atoms with van der Waals surface area (Å²) in [7, 11) is 1.69. The lowest BCUT2D eigenvalue weighted by Crippen LogP contribution is -2.23. The molecule has 31 heavy (non-hydrogen) atoms. The second kappa shape index (κ2) is 8.10. The average Bonchev–Trinajstić information content (AvgIpc) is 3.33. The highest BCUT2D eigenvalue weighted by molar-refractivity contribution is 5.79. The fourth-order valence-corrected chi connectivity index (χ4v) is 4.62. The Bertz CT molecular complexity index is 1180.